The van der Waals surface area contributed by atoms with Gasteiger partial charge in [0.05, 0.1) is 4.92 Å². The van der Waals surface area contributed by atoms with Crippen LogP contribution in [0.25, 0.3) is 0 Å². The van der Waals surface area contributed by atoms with E-state index >= 15 is 0 Å². The van der Waals surface area contributed by atoms with Gasteiger partial charge in [-0.05, 0) is 0 Å². The molecule has 0 aliphatic heterocycles. The van der Waals surface area contributed by atoms with Crippen molar-refractivity contribution in [3.8, 4) is 0 Å². The number of rotatable bonds is 5. The first kappa shape index (κ1) is 13.6. The number of carboxylic acids is 1. The highest BCUT2D eigenvalue weighted by Crippen LogP contribution is 2.17. The van der Waals surface area contributed by atoms with Crippen molar-refractivity contribution in [2.75, 3.05) is 0 Å². The van der Waals surface area contributed by atoms with Crippen LogP contribution in [-0.2, 0) is 6.54 Å². The molecule has 0 aromatic carbocycles. The Labute approximate surface area is 112 Å². The lowest BCUT2D eigenvalue weighted by molar-refractivity contribution is -0.385. The van der Waals surface area contributed by atoms with Gasteiger partial charge in [0.2, 0.25) is 11.6 Å². The maximum atomic E-state index is 10.9. The molecule has 0 bridgehead atoms. The summed E-state index contributed by atoms with van der Waals surface area (Å²) >= 11 is 0. The number of hydrogen-bond donors (Lipinski definition) is 1. The van der Waals surface area contributed by atoms with E-state index in [9.17, 15) is 14.9 Å². The van der Waals surface area contributed by atoms with Gasteiger partial charge in [0.15, 0.2) is 5.82 Å². The van der Waals surface area contributed by atoms with Crippen LogP contribution >= 0.6 is 0 Å². The fourth-order valence-corrected chi connectivity index (χ4v) is 1.48. The largest absolute Gasteiger partial charge is 0.476 e. The number of aromatic carboxylic acids is 1. The molecule has 0 fully saturated rings. The molecule has 0 aliphatic carbocycles. The van der Waals surface area contributed by atoms with Crippen molar-refractivity contribution < 1.29 is 19.3 Å². The van der Waals surface area contributed by atoms with Crippen LogP contribution in [0.4, 0.5) is 5.69 Å². The number of aromatic nitrogens is 4. The van der Waals surface area contributed by atoms with Gasteiger partial charge in [0, 0.05) is 5.92 Å². The van der Waals surface area contributed by atoms with E-state index in [-0.39, 0.29) is 18.4 Å². The van der Waals surface area contributed by atoms with Crippen molar-refractivity contribution in [1.82, 2.24) is 19.9 Å². The third kappa shape index (κ3) is 2.63. The van der Waals surface area contributed by atoms with Crippen LogP contribution < -0.4 is 0 Å². The first-order valence-electron chi connectivity index (χ1n) is 5.66. The third-order valence-corrected chi connectivity index (χ3v) is 2.44. The van der Waals surface area contributed by atoms with E-state index < -0.39 is 22.3 Å². The number of hydrogen-bond acceptors (Lipinski definition) is 7. The normalized spacial score (nSPS) is 10.9. The molecule has 1 N–H and O–H groups in total. The van der Waals surface area contributed by atoms with Crippen molar-refractivity contribution >= 4 is 11.7 Å². The van der Waals surface area contributed by atoms with E-state index in [1.807, 2.05) is 13.8 Å². The van der Waals surface area contributed by atoms with Gasteiger partial charge in [0.1, 0.15) is 12.7 Å². The van der Waals surface area contributed by atoms with Crippen LogP contribution in [0.1, 0.15) is 42.0 Å². The lowest BCUT2D eigenvalue weighted by Gasteiger charge is -1.94. The molecule has 0 saturated carbocycles. The van der Waals surface area contributed by atoms with E-state index in [4.69, 9.17) is 9.63 Å². The van der Waals surface area contributed by atoms with Crippen molar-refractivity contribution in [1.29, 1.82) is 0 Å². The average Bonchev–Trinajstić information content (AvgIpc) is 2.96. The summed E-state index contributed by atoms with van der Waals surface area (Å²) in [5.74, 6) is -0.693. The second kappa shape index (κ2) is 5.07. The van der Waals surface area contributed by atoms with E-state index in [2.05, 4.69) is 15.2 Å². The van der Waals surface area contributed by atoms with Gasteiger partial charge >= 0.3 is 11.7 Å². The molecular weight excluding hydrogens is 270 g/mol. The summed E-state index contributed by atoms with van der Waals surface area (Å²) < 4.78 is 6.04. The van der Waals surface area contributed by atoms with Crippen molar-refractivity contribution in [3.05, 3.63) is 33.7 Å². The first-order valence-corrected chi connectivity index (χ1v) is 5.66. The van der Waals surface area contributed by atoms with Gasteiger partial charge < -0.3 is 9.63 Å². The highest BCUT2D eigenvalue weighted by Gasteiger charge is 2.25. The zero-order valence-electron chi connectivity index (χ0n) is 10.7. The number of carbonyl (C=O) groups is 1. The highest BCUT2D eigenvalue weighted by atomic mass is 16.6. The zero-order valence-corrected chi connectivity index (χ0v) is 10.7. The minimum Gasteiger partial charge on any atom is -0.476 e. The summed E-state index contributed by atoms with van der Waals surface area (Å²) in [5, 5.41) is 26.9. The van der Waals surface area contributed by atoms with Crippen LogP contribution in [0, 0.1) is 10.1 Å². The van der Waals surface area contributed by atoms with Gasteiger partial charge in [-0.1, -0.05) is 19.0 Å². The van der Waals surface area contributed by atoms with E-state index in [0.717, 1.165) is 10.9 Å². The maximum absolute atomic E-state index is 10.9. The summed E-state index contributed by atoms with van der Waals surface area (Å²) in [5.41, 5.74) is -1.21. The second-order valence-electron chi connectivity index (χ2n) is 4.32. The molecule has 0 saturated heterocycles. The molecule has 0 unspecified atom stereocenters. The highest BCUT2D eigenvalue weighted by molar-refractivity contribution is 5.89. The molecule has 2 aromatic rings. The zero-order chi connectivity index (χ0) is 14.9. The summed E-state index contributed by atoms with van der Waals surface area (Å²) in [6, 6.07) is 0. The molecule has 0 spiro atoms. The topological polar surface area (TPSA) is 137 Å². The summed E-state index contributed by atoms with van der Waals surface area (Å²) in [6.07, 6.45) is 1.02. The Hall–Kier alpha value is -2.78. The fourth-order valence-electron chi connectivity index (χ4n) is 1.48. The minimum absolute atomic E-state index is 0.0339. The van der Waals surface area contributed by atoms with Gasteiger partial charge in [-0.2, -0.15) is 10.1 Å². The lowest BCUT2D eigenvalue weighted by atomic mass is 10.2. The maximum Gasteiger partial charge on any atom is 0.363 e. The number of nitrogens with zero attached hydrogens (tertiary/aromatic N) is 5. The van der Waals surface area contributed by atoms with Gasteiger partial charge in [-0.15, -0.1) is 0 Å². The standard InChI is InChI=1S/C10H11N5O5/c1-5(2)9-11-7(20-13-9)4-14-3-6(15(18)19)8(12-14)10(16)17/h3,5H,4H2,1-2H3,(H,16,17). The van der Waals surface area contributed by atoms with Crippen LogP contribution in [0.5, 0.6) is 0 Å². The van der Waals surface area contributed by atoms with Crippen LogP contribution in [-0.4, -0.2) is 35.9 Å². The first-order chi connectivity index (χ1) is 9.38. The van der Waals surface area contributed by atoms with Crippen molar-refractivity contribution in [3.63, 3.8) is 0 Å². The lowest BCUT2D eigenvalue weighted by Crippen LogP contribution is -2.05. The summed E-state index contributed by atoms with van der Waals surface area (Å²) in [4.78, 5) is 24.8. The number of nitro groups is 1. The predicted octanol–water partition coefficient (Wildman–Crippen LogP) is 1.04. The molecule has 10 nitrogen and oxygen atoms in total. The smallest absolute Gasteiger partial charge is 0.363 e. The molecule has 106 valence electrons. The van der Waals surface area contributed by atoms with Crippen molar-refractivity contribution in [2.24, 2.45) is 0 Å². The van der Waals surface area contributed by atoms with Crippen molar-refractivity contribution in [2.45, 2.75) is 26.3 Å². The average molecular weight is 281 g/mol. The molecule has 0 amide bonds. The molecular formula is C10H11N5O5. The summed E-state index contributed by atoms with van der Waals surface area (Å²) in [6.45, 7) is 3.74. The SMILES string of the molecule is CC(C)c1noc(Cn2cc([N+](=O)[O-])c(C(=O)O)n2)n1. The van der Waals surface area contributed by atoms with E-state index in [1.165, 1.54) is 0 Å². The Morgan fingerprint density at radius 3 is 2.75 bits per heavy atom. The Bertz CT molecular complexity index is 627. The van der Waals surface area contributed by atoms with Crippen LogP contribution in [0.15, 0.2) is 10.7 Å². The van der Waals surface area contributed by atoms with Gasteiger partial charge in [0.25, 0.3) is 0 Å². The Balaban J connectivity index is 2.27. The molecule has 2 rings (SSSR count). The molecule has 10 heteroatoms. The van der Waals surface area contributed by atoms with Crippen LogP contribution in [0.2, 0.25) is 0 Å². The third-order valence-electron chi connectivity index (χ3n) is 2.44. The second-order valence-corrected chi connectivity index (χ2v) is 4.32. The Morgan fingerprint density at radius 2 is 2.30 bits per heavy atom. The van der Waals surface area contributed by atoms with E-state index in [1.54, 1.807) is 0 Å². The number of carboxylic acid groups (broad SMARTS) is 1. The molecule has 0 atom stereocenters. The Kier molecular flexibility index (Phi) is 3.46. The monoisotopic (exact) mass is 281 g/mol. The van der Waals surface area contributed by atoms with Gasteiger partial charge in [-0.25, -0.2) is 4.79 Å². The quantitative estimate of drug-likeness (QED) is 0.633. The molecule has 0 radical (unpaired) electrons. The molecule has 2 aromatic heterocycles. The van der Waals surface area contributed by atoms with Crippen LogP contribution in [0.3, 0.4) is 0 Å². The molecule has 20 heavy (non-hydrogen) atoms. The fraction of sp³-hybridized carbons (Fsp3) is 0.400. The minimum atomic E-state index is -1.47. The molecule has 0 aliphatic rings. The molecule has 2 heterocycles. The van der Waals surface area contributed by atoms with E-state index in [0.29, 0.717) is 5.82 Å². The Morgan fingerprint density at radius 1 is 1.60 bits per heavy atom. The summed E-state index contributed by atoms with van der Waals surface area (Å²) in [7, 11) is 0. The predicted molar refractivity (Wildman–Crippen MR) is 63.3 cm³/mol. The van der Waals surface area contributed by atoms with Gasteiger partial charge in [-0.3, -0.25) is 14.8 Å².